The highest BCUT2D eigenvalue weighted by atomic mass is 32.1. The van der Waals surface area contributed by atoms with Crippen LogP contribution in [0.5, 0.6) is 0 Å². The van der Waals surface area contributed by atoms with Gasteiger partial charge in [0.05, 0.1) is 12.1 Å². The molecule has 1 aromatic heterocycles. The van der Waals surface area contributed by atoms with Crippen LogP contribution >= 0.6 is 11.3 Å². The lowest BCUT2D eigenvalue weighted by Crippen LogP contribution is -2.26. The first-order chi connectivity index (χ1) is 7.56. The molecule has 1 atom stereocenters. The van der Waals surface area contributed by atoms with Crippen LogP contribution in [-0.2, 0) is 9.53 Å². The SMILES string of the molecule is CCOC(=O)c1ncsc1NC(C)C(=O)O. The minimum atomic E-state index is -0.997. The number of rotatable bonds is 5. The van der Waals surface area contributed by atoms with Gasteiger partial charge in [-0.1, -0.05) is 0 Å². The van der Waals surface area contributed by atoms with Crippen molar-refractivity contribution in [3.05, 3.63) is 11.2 Å². The molecule has 0 aromatic carbocycles. The van der Waals surface area contributed by atoms with Crippen LogP contribution in [0.2, 0.25) is 0 Å². The molecule has 2 N–H and O–H groups in total. The number of thiazole rings is 1. The maximum absolute atomic E-state index is 11.4. The molecule has 7 heteroatoms. The van der Waals surface area contributed by atoms with Gasteiger partial charge in [0.15, 0.2) is 5.69 Å². The summed E-state index contributed by atoms with van der Waals surface area (Å²) in [6, 6.07) is -0.784. The Bertz CT molecular complexity index is 391. The van der Waals surface area contributed by atoms with Gasteiger partial charge in [0.2, 0.25) is 0 Å². The third-order valence-electron chi connectivity index (χ3n) is 1.75. The summed E-state index contributed by atoms with van der Waals surface area (Å²) in [6.45, 7) is 3.43. The number of aliphatic carboxylic acids is 1. The van der Waals surface area contributed by atoms with E-state index in [0.717, 1.165) is 11.3 Å². The topological polar surface area (TPSA) is 88.5 Å². The molecule has 0 amide bonds. The van der Waals surface area contributed by atoms with Crippen molar-refractivity contribution in [2.45, 2.75) is 19.9 Å². The summed E-state index contributed by atoms with van der Waals surface area (Å²) in [5.74, 6) is -1.55. The van der Waals surface area contributed by atoms with E-state index < -0.39 is 18.0 Å². The second-order valence-corrected chi connectivity index (χ2v) is 3.81. The largest absolute Gasteiger partial charge is 0.480 e. The maximum atomic E-state index is 11.4. The quantitative estimate of drug-likeness (QED) is 0.757. The second-order valence-electron chi connectivity index (χ2n) is 2.95. The molecule has 0 aliphatic carbocycles. The van der Waals surface area contributed by atoms with Crippen molar-refractivity contribution in [3.63, 3.8) is 0 Å². The predicted molar refractivity (Wildman–Crippen MR) is 58.8 cm³/mol. The molecule has 1 aromatic rings. The lowest BCUT2D eigenvalue weighted by molar-refractivity contribution is -0.137. The van der Waals surface area contributed by atoms with E-state index in [0.29, 0.717) is 5.00 Å². The monoisotopic (exact) mass is 244 g/mol. The molecule has 0 spiro atoms. The Morgan fingerprint density at radius 1 is 1.69 bits per heavy atom. The fourth-order valence-electron chi connectivity index (χ4n) is 0.952. The Kier molecular flexibility index (Phi) is 4.24. The Hall–Kier alpha value is -1.63. The van der Waals surface area contributed by atoms with Gasteiger partial charge >= 0.3 is 11.9 Å². The van der Waals surface area contributed by atoms with Crippen LogP contribution in [0.25, 0.3) is 0 Å². The summed E-state index contributed by atoms with van der Waals surface area (Å²) in [6.07, 6.45) is 0. The highest BCUT2D eigenvalue weighted by molar-refractivity contribution is 7.14. The summed E-state index contributed by atoms with van der Waals surface area (Å²) in [5, 5.41) is 11.8. The number of carbonyl (C=O) groups excluding carboxylic acids is 1. The van der Waals surface area contributed by atoms with E-state index >= 15 is 0 Å². The number of nitrogens with one attached hydrogen (secondary N) is 1. The van der Waals surface area contributed by atoms with Crippen LogP contribution in [0.4, 0.5) is 5.00 Å². The number of nitrogens with zero attached hydrogens (tertiary/aromatic N) is 1. The molecule has 1 rings (SSSR count). The summed E-state index contributed by atoms with van der Waals surface area (Å²) in [4.78, 5) is 25.9. The van der Waals surface area contributed by atoms with Crippen molar-refractivity contribution in [1.82, 2.24) is 4.98 Å². The number of carboxylic acids is 1. The Balaban J connectivity index is 2.78. The molecule has 0 saturated carbocycles. The number of hydrogen-bond acceptors (Lipinski definition) is 6. The zero-order chi connectivity index (χ0) is 12.1. The van der Waals surface area contributed by atoms with Crippen LogP contribution in [0.3, 0.4) is 0 Å². The zero-order valence-corrected chi connectivity index (χ0v) is 9.71. The number of anilines is 1. The van der Waals surface area contributed by atoms with E-state index in [9.17, 15) is 9.59 Å². The highest BCUT2D eigenvalue weighted by Crippen LogP contribution is 2.21. The molecule has 0 radical (unpaired) electrons. The highest BCUT2D eigenvalue weighted by Gasteiger charge is 2.19. The molecule has 0 saturated heterocycles. The van der Waals surface area contributed by atoms with Crippen molar-refractivity contribution in [2.24, 2.45) is 0 Å². The van der Waals surface area contributed by atoms with Gasteiger partial charge < -0.3 is 15.2 Å². The average Bonchev–Trinajstić information content (AvgIpc) is 2.66. The van der Waals surface area contributed by atoms with Gasteiger partial charge in [-0.05, 0) is 13.8 Å². The van der Waals surface area contributed by atoms with E-state index in [1.54, 1.807) is 6.92 Å². The van der Waals surface area contributed by atoms with Crippen molar-refractivity contribution in [2.75, 3.05) is 11.9 Å². The van der Waals surface area contributed by atoms with Crippen molar-refractivity contribution in [1.29, 1.82) is 0 Å². The summed E-state index contributed by atoms with van der Waals surface area (Å²) >= 11 is 1.16. The number of hydrogen-bond donors (Lipinski definition) is 2. The van der Waals surface area contributed by atoms with Crippen LogP contribution < -0.4 is 5.32 Å². The number of ether oxygens (including phenoxy) is 1. The summed E-state index contributed by atoms with van der Waals surface area (Å²) < 4.78 is 4.79. The zero-order valence-electron chi connectivity index (χ0n) is 8.89. The first-order valence-electron chi connectivity index (χ1n) is 4.66. The summed E-state index contributed by atoms with van der Waals surface area (Å²) in [5.41, 5.74) is 1.59. The van der Waals surface area contributed by atoms with Crippen LogP contribution in [0.15, 0.2) is 5.51 Å². The van der Waals surface area contributed by atoms with Crippen molar-refractivity contribution < 1.29 is 19.4 Å². The van der Waals surface area contributed by atoms with E-state index in [-0.39, 0.29) is 12.3 Å². The number of carboxylic acid groups (broad SMARTS) is 1. The Labute approximate surface area is 96.3 Å². The molecule has 88 valence electrons. The molecule has 1 unspecified atom stereocenters. The lowest BCUT2D eigenvalue weighted by Gasteiger charge is -2.09. The number of esters is 1. The molecular formula is C9H12N2O4S. The fraction of sp³-hybridized carbons (Fsp3) is 0.444. The smallest absolute Gasteiger partial charge is 0.360 e. The molecule has 16 heavy (non-hydrogen) atoms. The molecule has 1 heterocycles. The van der Waals surface area contributed by atoms with Gasteiger partial charge in [0.25, 0.3) is 0 Å². The van der Waals surface area contributed by atoms with E-state index in [4.69, 9.17) is 9.84 Å². The first-order valence-corrected chi connectivity index (χ1v) is 5.54. The van der Waals surface area contributed by atoms with Crippen molar-refractivity contribution in [3.8, 4) is 0 Å². The first kappa shape index (κ1) is 12.4. The lowest BCUT2D eigenvalue weighted by atomic mass is 10.3. The predicted octanol–water partition coefficient (Wildman–Crippen LogP) is 1.20. The van der Waals surface area contributed by atoms with Gasteiger partial charge in [-0.2, -0.15) is 0 Å². The van der Waals surface area contributed by atoms with E-state index in [1.165, 1.54) is 12.4 Å². The molecule has 0 fully saturated rings. The summed E-state index contributed by atoms with van der Waals surface area (Å²) in [7, 11) is 0. The van der Waals surface area contributed by atoms with E-state index in [1.807, 2.05) is 0 Å². The van der Waals surface area contributed by atoms with Crippen LogP contribution in [0, 0.1) is 0 Å². The van der Waals surface area contributed by atoms with Crippen LogP contribution in [-0.4, -0.2) is 34.7 Å². The maximum Gasteiger partial charge on any atom is 0.360 e. The third kappa shape index (κ3) is 2.93. The van der Waals surface area contributed by atoms with Gasteiger partial charge in [-0.15, -0.1) is 11.3 Å². The number of aromatic nitrogens is 1. The fourth-order valence-corrected chi connectivity index (χ4v) is 1.71. The molecule has 6 nitrogen and oxygen atoms in total. The Morgan fingerprint density at radius 3 is 2.94 bits per heavy atom. The molecule has 0 aliphatic rings. The average molecular weight is 244 g/mol. The second kappa shape index (κ2) is 5.45. The molecule has 0 aliphatic heterocycles. The minimum absolute atomic E-state index is 0.125. The Morgan fingerprint density at radius 2 is 2.38 bits per heavy atom. The van der Waals surface area contributed by atoms with Gasteiger partial charge in [-0.25, -0.2) is 9.78 Å². The van der Waals surface area contributed by atoms with E-state index in [2.05, 4.69) is 10.3 Å². The molecular weight excluding hydrogens is 232 g/mol. The van der Waals surface area contributed by atoms with Gasteiger partial charge in [0.1, 0.15) is 11.0 Å². The van der Waals surface area contributed by atoms with Gasteiger partial charge in [-0.3, -0.25) is 4.79 Å². The third-order valence-corrected chi connectivity index (χ3v) is 2.51. The standard InChI is InChI=1S/C9H12N2O4S/c1-3-15-9(14)6-7(16-4-10-6)11-5(2)8(12)13/h4-5,11H,3H2,1-2H3,(H,12,13). The minimum Gasteiger partial charge on any atom is -0.480 e. The normalized spacial score (nSPS) is 11.9. The van der Waals surface area contributed by atoms with Crippen molar-refractivity contribution >= 4 is 28.3 Å². The number of carbonyl (C=O) groups is 2. The van der Waals surface area contributed by atoms with Gasteiger partial charge in [0, 0.05) is 0 Å². The van der Waals surface area contributed by atoms with Crippen LogP contribution in [0.1, 0.15) is 24.3 Å². The molecule has 0 bridgehead atoms.